The molecule has 0 aliphatic heterocycles. The molecule has 0 bridgehead atoms. The highest BCUT2D eigenvalue weighted by Crippen LogP contribution is 2.46. The highest BCUT2D eigenvalue weighted by molar-refractivity contribution is 7.87. The zero-order valence-electron chi connectivity index (χ0n) is 8.75. The maximum absolute atomic E-state index is 13.7. The molecule has 0 heterocycles. The van der Waals surface area contributed by atoms with Crippen LogP contribution in [0, 0.1) is 5.82 Å². The van der Waals surface area contributed by atoms with Crippen LogP contribution in [0.15, 0.2) is 12.1 Å². The summed E-state index contributed by atoms with van der Waals surface area (Å²) in [5.74, 6) is -4.17. The van der Waals surface area contributed by atoms with Gasteiger partial charge in [-0.3, -0.25) is 0 Å². The Labute approximate surface area is 106 Å². The van der Waals surface area contributed by atoms with Crippen LogP contribution in [0.2, 0.25) is 5.02 Å². The van der Waals surface area contributed by atoms with Crippen molar-refractivity contribution in [2.45, 2.75) is 18.4 Å². The van der Waals surface area contributed by atoms with Gasteiger partial charge in [-0.15, -0.1) is 0 Å². The predicted octanol–water partition coefficient (Wildman–Crippen LogP) is 1.50. The summed E-state index contributed by atoms with van der Waals surface area (Å²) in [5.41, 5.74) is -0.178. The van der Waals surface area contributed by atoms with Crippen LogP contribution in [0.5, 0.6) is 0 Å². The quantitative estimate of drug-likeness (QED) is 0.869. The van der Waals surface area contributed by atoms with Crippen LogP contribution in [0.3, 0.4) is 0 Å². The van der Waals surface area contributed by atoms with Crippen LogP contribution in [-0.4, -0.2) is 14.3 Å². The third kappa shape index (κ3) is 2.46. The molecule has 1 aromatic rings. The zero-order valence-corrected chi connectivity index (χ0v) is 10.3. The normalized spacial score (nSPS) is 21.9. The lowest BCUT2D eigenvalue weighted by Crippen LogP contribution is -2.41. The van der Waals surface area contributed by atoms with E-state index in [0.717, 1.165) is 12.1 Å². The summed E-state index contributed by atoms with van der Waals surface area (Å²) in [4.78, 5) is 0. The molecule has 0 aromatic heterocycles. The molecule has 3 N–H and O–H groups in total. The molecule has 4 nitrogen and oxygen atoms in total. The van der Waals surface area contributed by atoms with Gasteiger partial charge in [0.1, 0.15) is 11.9 Å². The summed E-state index contributed by atoms with van der Waals surface area (Å²) in [7, 11) is -4.33. The van der Waals surface area contributed by atoms with E-state index < -0.39 is 34.4 Å². The van der Waals surface area contributed by atoms with E-state index in [1.165, 1.54) is 0 Å². The maximum atomic E-state index is 13.7. The standard InChI is InChI=1S/C9H8ClF3N2O2S/c10-6-2-5(11)1-4-3-9(12,13)8(7(4)6)15-18(14,16)17/h1-2,8,15H,3H2,(H2,14,16,17). The van der Waals surface area contributed by atoms with E-state index in [1.54, 1.807) is 4.72 Å². The molecular weight excluding hydrogens is 293 g/mol. The van der Waals surface area contributed by atoms with Crippen molar-refractivity contribution >= 4 is 21.8 Å². The smallest absolute Gasteiger partial charge is 0.216 e. The van der Waals surface area contributed by atoms with Gasteiger partial charge in [0.2, 0.25) is 0 Å². The van der Waals surface area contributed by atoms with E-state index in [1.807, 2.05) is 0 Å². The second-order valence-electron chi connectivity index (χ2n) is 3.99. The molecule has 1 aromatic carbocycles. The van der Waals surface area contributed by atoms with Crippen molar-refractivity contribution < 1.29 is 21.6 Å². The Morgan fingerprint density at radius 2 is 2.06 bits per heavy atom. The van der Waals surface area contributed by atoms with Crippen molar-refractivity contribution in [3.05, 3.63) is 34.1 Å². The molecule has 2 rings (SSSR count). The van der Waals surface area contributed by atoms with E-state index in [2.05, 4.69) is 5.14 Å². The van der Waals surface area contributed by atoms with Gasteiger partial charge < -0.3 is 0 Å². The monoisotopic (exact) mass is 300 g/mol. The topological polar surface area (TPSA) is 72.2 Å². The van der Waals surface area contributed by atoms with Crippen LogP contribution in [0.1, 0.15) is 17.2 Å². The highest BCUT2D eigenvalue weighted by atomic mass is 35.5. The molecule has 0 saturated carbocycles. The number of alkyl halides is 2. The number of nitrogens with two attached hydrogens (primary N) is 1. The Morgan fingerprint density at radius 3 is 2.61 bits per heavy atom. The van der Waals surface area contributed by atoms with E-state index in [0.29, 0.717) is 0 Å². The molecule has 1 aliphatic carbocycles. The van der Waals surface area contributed by atoms with Gasteiger partial charge in [-0.05, 0) is 23.3 Å². The molecule has 0 fully saturated rings. The van der Waals surface area contributed by atoms with Crippen molar-refractivity contribution in [3.8, 4) is 0 Å². The largest absolute Gasteiger partial charge is 0.275 e. The summed E-state index contributed by atoms with van der Waals surface area (Å²) in [6.07, 6.45) is -0.799. The number of halogens is 4. The molecule has 0 spiro atoms. The van der Waals surface area contributed by atoms with Gasteiger partial charge in [0, 0.05) is 11.4 Å². The Morgan fingerprint density at radius 1 is 1.44 bits per heavy atom. The number of fused-ring (bicyclic) bond motifs is 1. The van der Waals surface area contributed by atoms with Crippen molar-refractivity contribution in [1.82, 2.24) is 4.72 Å². The van der Waals surface area contributed by atoms with E-state index in [9.17, 15) is 21.6 Å². The first-order valence-corrected chi connectivity index (χ1v) is 6.68. The highest BCUT2D eigenvalue weighted by Gasteiger charge is 2.50. The zero-order chi connectivity index (χ0) is 13.7. The van der Waals surface area contributed by atoms with Gasteiger partial charge in [0.15, 0.2) is 0 Å². The van der Waals surface area contributed by atoms with Crippen molar-refractivity contribution in [1.29, 1.82) is 0 Å². The van der Waals surface area contributed by atoms with Gasteiger partial charge in [0.05, 0.1) is 0 Å². The molecule has 9 heteroatoms. The predicted molar refractivity (Wildman–Crippen MR) is 59.0 cm³/mol. The first-order chi connectivity index (χ1) is 8.10. The van der Waals surface area contributed by atoms with Crippen LogP contribution in [0.25, 0.3) is 0 Å². The van der Waals surface area contributed by atoms with Gasteiger partial charge in [-0.1, -0.05) is 11.6 Å². The second-order valence-corrected chi connectivity index (χ2v) is 5.73. The summed E-state index contributed by atoms with van der Waals surface area (Å²) < 4.78 is 63.8. The third-order valence-corrected chi connectivity index (χ3v) is 3.48. The lowest BCUT2D eigenvalue weighted by atomic mass is 10.1. The first-order valence-electron chi connectivity index (χ1n) is 4.76. The molecule has 1 atom stereocenters. The van der Waals surface area contributed by atoms with Crippen molar-refractivity contribution in [2.75, 3.05) is 0 Å². The lowest BCUT2D eigenvalue weighted by Gasteiger charge is -2.20. The molecule has 100 valence electrons. The molecule has 0 radical (unpaired) electrons. The number of benzene rings is 1. The van der Waals surface area contributed by atoms with E-state index >= 15 is 0 Å². The van der Waals surface area contributed by atoms with Gasteiger partial charge in [-0.2, -0.15) is 13.1 Å². The summed E-state index contributed by atoms with van der Waals surface area (Å²) in [6.45, 7) is 0. The molecule has 18 heavy (non-hydrogen) atoms. The first kappa shape index (κ1) is 13.6. The summed E-state index contributed by atoms with van der Waals surface area (Å²) in [6, 6.07) is -0.130. The average molecular weight is 301 g/mol. The van der Waals surface area contributed by atoms with Crippen LogP contribution in [-0.2, 0) is 16.6 Å². The Bertz CT molecular complexity index is 606. The fourth-order valence-corrected chi connectivity index (χ4v) is 2.94. The summed E-state index contributed by atoms with van der Waals surface area (Å²) in [5, 5.41) is 4.42. The van der Waals surface area contributed by atoms with Crippen LogP contribution < -0.4 is 9.86 Å². The van der Waals surface area contributed by atoms with Crippen molar-refractivity contribution in [3.63, 3.8) is 0 Å². The number of nitrogens with one attached hydrogen (secondary N) is 1. The van der Waals surface area contributed by atoms with E-state index in [4.69, 9.17) is 11.6 Å². The van der Waals surface area contributed by atoms with Crippen LogP contribution in [0.4, 0.5) is 13.2 Å². The maximum Gasteiger partial charge on any atom is 0.275 e. The minimum absolute atomic E-state index is 0.0360. The molecule has 1 aliphatic rings. The molecule has 0 amide bonds. The van der Waals surface area contributed by atoms with Gasteiger partial charge >= 0.3 is 0 Å². The lowest BCUT2D eigenvalue weighted by molar-refractivity contribution is -0.0187. The number of hydrogen-bond acceptors (Lipinski definition) is 2. The number of hydrogen-bond donors (Lipinski definition) is 2. The Balaban J connectivity index is 2.55. The second kappa shape index (κ2) is 4.09. The molecule has 1 unspecified atom stereocenters. The van der Waals surface area contributed by atoms with E-state index in [-0.39, 0.29) is 16.1 Å². The molecular formula is C9H8ClF3N2O2S. The fraction of sp³-hybridized carbons (Fsp3) is 0.333. The minimum atomic E-state index is -4.33. The Hall–Kier alpha value is -0.830. The SMILES string of the molecule is NS(=O)(=O)NC1c2c(Cl)cc(F)cc2CC1(F)F. The minimum Gasteiger partial charge on any atom is -0.216 e. The van der Waals surface area contributed by atoms with Crippen molar-refractivity contribution in [2.24, 2.45) is 5.14 Å². The third-order valence-electron chi connectivity index (χ3n) is 2.60. The Kier molecular flexibility index (Phi) is 3.09. The van der Waals surface area contributed by atoms with Crippen LogP contribution >= 0.6 is 11.6 Å². The number of rotatable bonds is 2. The average Bonchev–Trinajstić information content (AvgIpc) is 2.34. The van der Waals surface area contributed by atoms with Gasteiger partial charge in [0.25, 0.3) is 16.1 Å². The van der Waals surface area contributed by atoms with Gasteiger partial charge in [-0.25, -0.2) is 18.3 Å². The fourth-order valence-electron chi connectivity index (χ4n) is 1.98. The summed E-state index contributed by atoms with van der Waals surface area (Å²) >= 11 is 5.68. The molecule has 0 saturated heterocycles.